The third-order valence-electron chi connectivity index (χ3n) is 3.87. The number of imidazole rings is 2. The maximum Gasteiger partial charge on any atom is 0.327 e. The van der Waals surface area contributed by atoms with Crippen LogP contribution in [0.15, 0.2) is 50.1 Å². The lowest BCUT2D eigenvalue weighted by molar-refractivity contribution is -0.694. The molecule has 0 saturated carbocycles. The molecule has 0 unspecified atom stereocenters. The minimum Gasteiger partial charge on any atom is -0.478 e. The first-order valence-electron chi connectivity index (χ1n) is 11.2. The standard InChI is InChI=1S/2C10H16N2O3.C3H4O2/c2*1-2-14-7-8-15-10(13)3-5-12-6-4-11-9-12;1-2-3(4)5/h2*4,6,9H,2-3,5,7-8H2,1H3;2H,1H2,(H,4,5)/p+1. The highest BCUT2D eigenvalue weighted by atomic mass is 16.6. The lowest BCUT2D eigenvalue weighted by atomic mass is 10.4. The van der Waals surface area contributed by atoms with Crippen LogP contribution in [0.5, 0.6) is 0 Å². The molecule has 2 heterocycles. The van der Waals surface area contributed by atoms with E-state index >= 15 is 0 Å². The van der Waals surface area contributed by atoms with E-state index in [0.717, 1.165) is 6.08 Å². The molecule has 0 fully saturated rings. The van der Waals surface area contributed by atoms with Crippen LogP contribution in [0.2, 0.25) is 0 Å². The summed E-state index contributed by atoms with van der Waals surface area (Å²) in [5, 5.41) is 7.60. The first kappa shape index (κ1) is 31.5. The van der Waals surface area contributed by atoms with Crippen LogP contribution in [0.25, 0.3) is 0 Å². The lowest BCUT2D eigenvalue weighted by Gasteiger charge is -2.05. The first-order valence-corrected chi connectivity index (χ1v) is 11.2. The van der Waals surface area contributed by atoms with Crippen LogP contribution in [0.4, 0.5) is 0 Å². The Bertz CT molecular complexity index is 736. The van der Waals surface area contributed by atoms with Crippen LogP contribution in [0.1, 0.15) is 26.7 Å². The van der Waals surface area contributed by atoms with Crippen molar-refractivity contribution in [3.8, 4) is 0 Å². The number of nitrogens with zero attached hydrogens (tertiary/aromatic N) is 3. The molecule has 12 nitrogen and oxygen atoms in total. The Kier molecular flexibility index (Phi) is 20.1. The molecular formula is C23H37N4O8+. The minimum atomic E-state index is -0.981. The molecule has 0 spiro atoms. The molecule has 12 heteroatoms. The number of aromatic amines is 1. The van der Waals surface area contributed by atoms with Gasteiger partial charge in [-0.25, -0.2) is 14.3 Å². The number of esters is 2. The summed E-state index contributed by atoms with van der Waals surface area (Å²) >= 11 is 0. The van der Waals surface area contributed by atoms with Crippen molar-refractivity contribution in [3.63, 3.8) is 0 Å². The molecule has 0 radical (unpaired) electrons. The number of aliphatic carboxylic acids is 1. The second-order valence-electron chi connectivity index (χ2n) is 6.53. The van der Waals surface area contributed by atoms with Crippen molar-refractivity contribution in [1.29, 1.82) is 0 Å². The maximum atomic E-state index is 11.2. The lowest BCUT2D eigenvalue weighted by Crippen LogP contribution is -2.32. The van der Waals surface area contributed by atoms with Crippen LogP contribution in [0, 0.1) is 0 Å². The number of carbonyl (C=O) groups is 3. The number of rotatable bonds is 15. The van der Waals surface area contributed by atoms with E-state index in [1.165, 1.54) is 0 Å². The van der Waals surface area contributed by atoms with E-state index in [-0.39, 0.29) is 11.9 Å². The number of carboxylic acids is 1. The Morgan fingerprint density at radius 2 is 1.66 bits per heavy atom. The summed E-state index contributed by atoms with van der Waals surface area (Å²) in [4.78, 5) is 38.4. The van der Waals surface area contributed by atoms with Crippen molar-refractivity contribution < 1.29 is 43.0 Å². The number of aryl methyl sites for hydroxylation is 2. The highest BCUT2D eigenvalue weighted by Gasteiger charge is 2.05. The molecule has 0 aromatic carbocycles. The normalized spacial score (nSPS) is 9.66. The van der Waals surface area contributed by atoms with E-state index < -0.39 is 5.97 Å². The van der Waals surface area contributed by atoms with Crippen molar-refractivity contribution in [2.75, 3.05) is 39.6 Å². The van der Waals surface area contributed by atoms with Gasteiger partial charge in [-0.1, -0.05) is 6.58 Å². The van der Waals surface area contributed by atoms with Crippen LogP contribution < -0.4 is 4.57 Å². The summed E-state index contributed by atoms with van der Waals surface area (Å²) in [7, 11) is 0. The first-order chi connectivity index (χ1) is 16.9. The van der Waals surface area contributed by atoms with E-state index in [0.29, 0.717) is 65.6 Å². The molecule has 196 valence electrons. The number of aromatic nitrogens is 4. The van der Waals surface area contributed by atoms with Gasteiger partial charge in [0.15, 0.2) is 0 Å². The predicted molar refractivity (Wildman–Crippen MR) is 125 cm³/mol. The van der Waals surface area contributed by atoms with Crippen LogP contribution in [-0.4, -0.2) is 77.2 Å². The number of H-pyrrole nitrogens is 1. The predicted octanol–water partition coefficient (Wildman–Crippen LogP) is 1.38. The van der Waals surface area contributed by atoms with Crippen molar-refractivity contribution in [2.24, 2.45) is 0 Å². The molecular weight excluding hydrogens is 460 g/mol. The van der Waals surface area contributed by atoms with Gasteiger partial charge in [-0.05, 0) is 13.8 Å². The van der Waals surface area contributed by atoms with Gasteiger partial charge in [0.1, 0.15) is 32.2 Å². The summed E-state index contributed by atoms with van der Waals surface area (Å²) in [6.07, 6.45) is 12.2. The molecule has 35 heavy (non-hydrogen) atoms. The van der Waals surface area contributed by atoms with E-state index in [1.54, 1.807) is 25.0 Å². The number of carbonyl (C=O) groups excluding carboxylic acids is 2. The number of nitrogens with one attached hydrogen (secondary N) is 1. The quantitative estimate of drug-likeness (QED) is 0.161. The number of carboxylic acid groups (broad SMARTS) is 1. The zero-order chi connectivity index (χ0) is 26.2. The average molecular weight is 498 g/mol. The smallest absolute Gasteiger partial charge is 0.327 e. The van der Waals surface area contributed by atoms with E-state index in [9.17, 15) is 14.4 Å². The summed E-state index contributed by atoms with van der Waals surface area (Å²) in [5.74, 6) is -1.38. The molecule has 0 atom stereocenters. The van der Waals surface area contributed by atoms with E-state index in [1.807, 2.05) is 35.4 Å². The van der Waals surface area contributed by atoms with Gasteiger partial charge in [-0.3, -0.25) is 14.6 Å². The van der Waals surface area contributed by atoms with Gasteiger partial charge in [-0.2, -0.15) is 0 Å². The highest BCUT2D eigenvalue weighted by Crippen LogP contribution is 1.93. The molecule has 0 amide bonds. The molecule has 0 bridgehead atoms. The van der Waals surface area contributed by atoms with Crippen molar-refractivity contribution in [1.82, 2.24) is 14.5 Å². The molecule has 0 aliphatic carbocycles. The average Bonchev–Trinajstić information content (AvgIpc) is 3.57. The third-order valence-corrected chi connectivity index (χ3v) is 3.87. The molecule has 0 aliphatic heterocycles. The van der Waals surface area contributed by atoms with Gasteiger partial charge >= 0.3 is 17.9 Å². The van der Waals surface area contributed by atoms with E-state index in [4.69, 9.17) is 24.1 Å². The molecule has 2 rings (SSSR count). The second kappa shape index (κ2) is 22.3. The van der Waals surface area contributed by atoms with Crippen molar-refractivity contribution in [2.45, 2.75) is 39.8 Å². The largest absolute Gasteiger partial charge is 0.478 e. The van der Waals surface area contributed by atoms with E-state index in [2.05, 4.69) is 16.5 Å². The summed E-state index contributed by atoms with van der Waals surface area (Å²) in [6, 6.07) is 0. The number of hydrogen-bond acceptors (Lipinski definition) is 8. The van der Waals surface area contributed by atoms with Gasteiger partial charge in [-0.15, -0.1) is 0 Å². The summed E-state index contributed by atoms with van der Waals surface area (Å²) < 4.78 is 23.7. The molecule has 2 aromatic heterocycles. The monoisotopic (exact) mass is 497 g/mol. The van der Waals surface area contributed by atoms with Gasteiger partial charge in [0.2, 0.25) is 6.33 Å². The van der Waals surface area contributed by atoms with Gasteiger partial charge in [0.05, 0.1) is 32.4 Å². The Hall–Kier alpha value is -3.51. The fourth-order valence-corrected chi connectivity index (χ4v) is 2.18. The van der Waals surface area contributed by atoms with Crippen LogP contribution in [-0.2, 0) is 46.4 Å². The van der Waals surface area contributed by atoms with Gasteiger partial charge in [0.25, 0.3) is 0 Å². The number of ether oxygens (including phenoxy) is 4. The Morgan fingerprint density at radius 3 is 2.11 bits per heavy atom. The topological polar surface area (TPSA) is 146 Å². The number of hydrogen-bond donors (Lipinski definition) is 2. The highest BCUT2D eigenvalue weighted by molar-refractivity contribution is 5.78. The SMILES string of the molecule is C=CC(=O)O.CCOCCOC(=O)CC[n+]1cc[nH]c1.CCOCCOC(=O)CCn1ccnc1. The Labute approximate surface area is 205 Å². The molecule has 2 aromatic rings. The Morgan fingerprint density at radius 1 is 1.06 bits per heavy atom. The Balaban J connectivity index is 0.000000555. The van der Waals surface area contributed by atoms with Crippen molar-refractivity contribution >= 4 is 17.9 Å². The minimum absolute atomic E-state index is 0.191. The fraction of sp³-hybridized carbons (Fsp3) is 0.522. The molecule has 0 saturated heterocycles. The molecule has 0 aliphatic rings. The summed E-state index contributed by atoms with van der Waals surface area (Å²) in [6.45, 7) is 10.9. The third kappa shape index (κ3) is 20.8. The summed E-state index contributed by atoms with van der Waals surface area (Å²) in [5.41, 5.74) is 0. The molecule has 2 N–H and O–H groups in total. The zero-order valence-corrected chi connectivity index (χ0v) is 20.5. The van der Waals surface area contributed by atoms with Gasteiger partial charge < -0.3 is 28.6 Å². The van der Waals surface area contributed by atoms with Crippen LogP contribution >= 0.6 is 0 Å². The zero-order valence-electron chi connectivity index (χ0n) is 20.5. The maximum absolute atomic E-state index is 11.2. The van der Waals surface area contributed by atoms with Crippen molar-refractivity contribution in [3.05, 3.63) is 50.1 Å². The van der Waals surface area contributed by atoms with Gasteiger partial charge in [0, 0.05) is 38.2 Å². The second-order valence-corrected chi connectivity index (χ2v) is 6.53. The fourth-order valence-electron chi connectivity index (χ4n) is 2.18. The van der Waals surface area contributed by atoms with Crippen LogP contribution in [0.3, 0.4) is 0 Å².